The van der Waals surface area contributed by atoms with Crippen LogP contribution < -0.4 is 9.64 Å². The van der Waals surface area contributed by atoms with E-state index in [2.05, 4.69) is 10.2 Å². The zero-order valence-electron chi connectivity index (χ0n) is 11.8. The lowest BCUT2D eigenvalue weighted by Gasteiger charge is -2.27. The number of hydrogen-bond donors (Lipinski definition) is 0. The molecule has 2 aromatic rings. The van der Waals surface area contributed by atoms with E-state index < -0.39 is 20.8 Å². The SMILES string of the molecule is C#CCS(=O)(=O)c1nnc(CN2C(=O)COc3ccccc32)o1. The molecule has 1 aromatic carbocycles. The number of ether oxygens (including phenoxy) is 1. The van der Waals surface area contributed by atoms with E-state index in [1.54, 1.807) is 24.3 Å². The summed E-state index contributed by atoms with van der Waals surface area (Å²) in [6.45, 7) is -0.175. The van der Waals surface area contributed by atoms with E-state index in [9.17, 15) is 13.2 Å². The summed E-state index contributed by atoms with van der Waals surface area (Å²) in [7, 11) is -3.81. The maximum Gasteiger partial charge on any atom is 0.336 e. The molecular weight excluding hydrogens is 322 g/mol. The van der Waals surface area contributed by atoms with Gasteiger partial charge in [-0.2, -0.15) is 0 Å². The van der Waals surface area contributed by atoms with Crippen LogP contribution in [0.2, 0.25) is 0 Å². The van der Waals surface area contributed by atoms with Crippen LogP contribution >= 0.6 is 0 Å². The van der Waals surface area contributed by atoms with Gasteiger partial charge in [0.15, 0.2) is 6.61 Å². The van der Waals surface area contributed by atoms with Crippen LogP contribution in [0, 0.1) is 12.3 Å². The Bertz CT molecular complexity index is 897. The first-order valence-corrected chi connectivity index (χ1v) is 8.17. The number of sulfone groups is 1. The molecule has 0 spiro atoms. The summed E-state index contributed by atoms with van der Waals surface area (Å²) in [4.78, 5) is 13.4. The minimum absolute atomic E-state index is 0.00866. The first kappa shape index (κ1) is 15.1. The molecule has 1 aromatic heterocycles. The molecule has 1 aliphatic rings. The van der Waals surface area contributed by atoms with Gasteiger partial charge in [-0.25, -0.2) is 8.42 Å². The molecular formula is C14H11N3O5S. The first-order chi connectivity index (χ1) is 11.0. The third kappa shape index (κ3) is 2.89. The third-order valence-electron chi connectivity index (χ3n) is 3.09. The number of carbonyl (C=O) groups is 1. The molecule has 0 saturated heterocycles. The summed E-state index contributed by atoms with van der Waals surface area (Å²) in [5.41, 5.74) is 0.551. The fourth-order valence-electron chi connectivity index (χ4n) is 2.06. The van der Waals surface area contributed by atoms with Crippen molar-refractivity contribution in [3.05, 3.63) is 30.2 Å². The van der Waals surface area contributed by atoms with Gasteiger partial charge < -0.3 is 9.15 Å². The molecule has 0 bridgehead atoms. The average molecular weight is 333 g/mol. The maximum atomic E-state index is 12.0. The molecule has 8 nitrogen and oxygen atoms in total. The molecule has 0 fully saturated rings. The lowest BCUT2D eigenvalue weighted by molar-refractivity contribution is -0.121. The lowest BCUT2D eigenvalue weighted by atomic mass is 10.2. The Balaban J connectivity index is 1.87. The Hall–Kier alpha value is -2.86. The summed E-state index contributed by atoms with van der Waals surface area (Å²) >= 11 is 0. The second-order valence-corrected chi connectivity index (χ2v) is 6.53. The number of anilines is 1. The van der Waals surface area contributed by atoms with Crippen LogP contribution in [0.15, 0.2) is 33.9 Å². The quantitative estimate of drug-likeness (QED) is 0.746. The number of para-hydroxylation sites is 2. The number of fused-ring (bicyclic) bond motifs is 1. The van der Waals surface area contributed by atoms with Gasteiger partial charge in [0.05, 0.1) is 5.69 Å². The minimum Gasteiger partial charge on any atom is -0.482 e. The maximum absolute atomic E-state index is 12.0. The summed E-state index contributed by atoms with van der Waals surface area (Å²) in [5.74, 6) is 1.73. The first-order valence-electron chi connectivity index (χ1n) is 6.52. The molecule has 1 amide bonds. The van der Waals surface area contributed by atoms with E-state index in [4.69, 9.17) is 15.6 Å². The number of benzene rings is 1. The predicted molar refractivity (Wildman–Crippen MR) is 78.3 cm³/mol. The largest absolute Gasteiger partial charge is 0.482 e. The Morgan fingerprint density at radius 3 is 2.87 bits per heavy atom. The molecule has 0 unspecified atom stereocenters. The number of rotatable bonds is 4. The summed E-state index contributed by atoms with van der Waals surface area (Å²) in [6.07, 6.45) is 4.99. The highest BCUT2D eigenvalue weighted by Gasteiger charge is 2.28. The fourth-order valence-corrected chi connectivity index (χ4v) is 2.79. The van der Waals surface area contributed by atoms with E-state index in [1.165, 1.54) is 4.90 Å². The van der Waals surface area contributed by atoms with Crippen LogP contribution in [0.5, 0.6) is 5.75 Å². The van der Waals surface area contributed by atoms with Crippen molar-refractivity contribution in [2.24, 2.45) is 0 Å². The molecule has 0 N–H and O–H groups in total. The monoisotopic (exact) mass is 333 g/mol. The lowest BCUT2D eigenvalue weighted by Crippen LogP contribution is -2.38. The van der Waals surface area contributed by atoms with E-state index in [-0.39, 0.29) is 24.9 Å². The Kier molecular flexibility index (Phi) is 3.75. The molecule has 0 atom stereocenters. The van der Waals surface area contributed by atoms with Gasteiger partial charge in [-0.05, 0) is 12.1 Å². The van der Waals surface area contributed by atoms with Crippen LogP contribution in [-0.2, 0) is 21.2 Å². The molecule has 0 aliphatic carbocycles. The average Bonchev–Trinajstić information content (AvgIpc) is 3.00. The highest BCUT2D eigenvalue weighted by molar-refractivity contribution is 7.91. The van der Waals surface area contributed by atoms with Crippen LogP contribution in [0.1, 0.15) is 5.89 Å². The number of nitrogens with zero attached hydrogens (tertiary/aromatic N) is 3. The molecule has 0 saturated carbocycles. The van der Waals surface area contributed by atoms with E-state index in [0.717, 1.165) is 0 Å². The van der Waals surface area contributed by atoms with Crippen LogP contribution in [-0.4, -0.2) is 36.9 Å². The van der Waals surface area contributed by atoms with Gasteiger partial charge >= 0.3 is 5.22 Å². The highest BCUT2D eigenvalue weighted by atomic mass is 32.2. The van der Waals surface area contributed by atoms with Gasteiger partial charge in [0.2, 0.25) is 15.7 Å². The zero-order chi connectivity index (χ0) is 16.4. The van der Waals surface area contributed by atoms with Crippen molar-refractivity contribution < 1.29 is 22.4 Å². The topological polar surface area (TPSA) is 103 Å². The second kappa shape index (κ2) is 5.73. The summed E-state index contributed by atoms with van der Waals surface area (Å²) < 4.78 is 34.0. The number of carbonyl (C=O) groups excluding carboxylic acids is 1. The van der Waals surface area contributed by atoms with Crippen molar-refractivity contribution in [1.82, 2.24) is 10.2 Å². The normalized spacial score (nSPS) is 14.0. The fraction of sp³-hybridized carbons (Fsp3) is 0.214. The summed E-state index contributed by atoms with van der Waals surface area (Å²) in [5, 5.41) is 6.59. The van der Waals surface area contributed by atoms with Gasteiger partial charge in [-0.15, -0.1) is 11.5 Å². The van der Waals surface area contributed by atoms with E-state index in [1.807, 2.05) is 5.92 Å². The molecule has 23 heavy (non-hydrogen) atoms. The molecule has 0 radical (unpaired) electrons. The van der Waals surface area contributed by atoms with Gasteiger partial charge in [-0.1, -0.05) is 23.2 Å². The van der Waals surface area contributed by atoms with E-state index in [0.29, 0.717) is 11.4 Å². The van der Waals surface area contributed by atoms with Gasteiger partial charge in [0.25, 0.3) is 5.91 Å². The number of hydrogen-bond acceptors (Lipinski definition) is 7. The molecule has 9 heteroatoms. The number of terminal acetylenes is 1. The van der Waals surface area contributed by atoms with Crippen molar-refractivity contribution >= 4 is 21.4 Å². The second-order valence-electron chi connectivity index (χ2n) is 4.66. The van der Waals surface area contributed by atoms with Crippen molar-refractivity contribution in [3.63, 3.8) is 0 Å². The molecule has 1 aliphatic heterocycles. The molecule has 3 rings (SSSR count). The highest BCUT2D eigenvalue weighted by Crippen LogP contribution is 2.32. The van der Waals surface area contributed by atoms with Crippen LogP contribution in [0.25, 0.3) is 0 Å². The van der Waals surface area contributed by atoms with Gasteiger partial charge in [-0.3, -0.25) is 9.69 Å². The van der Waals surface area contributed by atoms with Crippen LogP contribution in [0.3, 0.4) is 0 Å². The van der Waals surface area contributed by atoms with Crippen LogP contribution in [0.4, 0.5) is 5.69 Å². The van der Waals surface area contributed by atoms with Crippen molar-refractivity contribution in [2.75, 3.05) is 17.3 Å². The Morgan fingerprint density at radius 2 is 2.09 bits per heavy atom. The van der Waals surface area contributed by atoms with Crippen molar-refractivity contribution in [3.8, 4) is 18.1 Å². The summed E-state index contributed by atoms with van der Waals surface area (Å²) in [6, 6.07) is 6.97. The van der Waals surface area contributed by atoms with Gasteiger partial charge in [0, 0.05) is 0 Å². The zero-order valence-corrected chi connectivity index (χ0v) is 12.6. The number of amides is 1. The van der Waals surface area contributed by atoms with Crippen molar-refractivity contribution in [2.45, 2.75) is 11.8 Å². The van der Waals surface area contributed by atoms with Crippen molar-refractivity contribution in [1.29, 1.82) is 0 Å². The number of aromatic nitrogens is 2. The Labute approximate surface area is 132 Å². The van der Waals surface area contributed by atoms with Gasteiger partial charge in [0.1, 0.15) is 18.0 Å². The minimum atomic E-state index is -3.81. The predicted octanol–water partition coefficient (Wildman–Crippen LogP) is 0.402. The molecule has 118 valence electrons. The smallest absolute Gasteiger partial charge is 0.336 e. The molecule has 2 heterocycles. The van der Waals surface area contributed by atoms with E-state index >= 15 is 0 Å². The third-order valence-corrected chi connectivity index (χ3v) is 4.33. The standard InChI is InChI=1S/C14H11N3O5S/c1-2-7-23(19,20)14-16-15-12(22-14)8-17-10-5-3-4-6-11(10)21-9-13(17)18/h1,3-6H,7-9H2. The Morgan fingerprint density at radius 1 is 1.30 bits per heavy atom.